The lowest BCUT2D eigenvalue weighted by Gasteiger charge is -2.27. The predicted octanol–water partition coefficient (Wildman–Crippen LogP) is 1.67. The Labute approximate surface area is 158 Å². The Morgan fingerprint density at radius 3 is 2.56 bits per heavy atom. The third-order valence-corrected chi connectivity index (χ3v) is 8.13. The van der Waals surface area contributed by atoms with Crippen LogP contribution in [0, 0.1) is 0 Å². The van der Waals surface area contributed by atoms with Crippen LogP contribution in [0.25, 0.3) is 0 Å². The molecule has 1 atom stereocenters. The molecule has 1 aromatic carbocycles. The normalized spacial score (nSPS) is 19.3. The van der Waals surface area contributed by atoms with Gasteiger partial charge in [0.25, 0.3) is 0 Å². The number of ether oxygens (including phenoxy) is 2. The van der Waals surface area contributed by atoms with Gasteiger partial charge in [0.1, 0.15) is 22.2 Å². The van der Waals surface area contributed by atoms with Crippen molar-refractivity contribution < 1.29 is 30.7 Å². The number of furan rings is 1. The van der Waals surface area contributed by atoms with Crippen molar-refractivity contribution in [1.29, 1.82) is 0 Å². The van der Waals surface area contributed by atoms with Gasteiger partial charge >= 0.3 is 0 Å². The van der Waals surface area contributed by atoms with Crippen LogP contribution < -0.4 is 9.47 Å². The lowest BCUT2D eigenvalue weighted by Crippen LogP contribution is -2.40. The molecule has 0 saturated carbocycles. The SMILES string of the molecule is COc1ccc(OC)c(S(=O)(=O)N(Cc2ccco2)[C@@H]2CCS(=O)(=O)C2)c1. The summed E-state index contributed by atoms with van der Waals surface area (Å²) in [5.74, 6) is 0.660. The Kier molecular flexibility index (Phi) is 5.50. The van der Waals surface area contributed by atoms with E-state index in [-0.39, 0.29) is 35.1 Å². The topological polar surface area (TPSA) is 103 Å². The molecule has 148 valence electrons. The molecule has 1 saturated heterocycles. The molecule has 0 radical (unpaired) electrons. The Morgan fingerprint density at radius 2 is 2.00 bits per heavy atom. The minimum Gasteiger partial charge on any atom is -0.497 e. The Balaban J connectivity index is 2.07. The lowest BCUT2D eigenvalue weighted by atomic mass is 10.2. The van der Waals surface area contributed by atoms with Gasteiger partial charge in [0.2, 0.25) is 10.0 Å². The van der Waals surface area contributed by atoms with E-state index in [1.165, 1.54) is 36.9 Å². The monoisotopic (exact) mass is 415 g/mol. The standard InChI is InChI=1S/C17H21NO7S2/c1-23-14-5-6-16(24-2)17(10-14)27(21,22)18(11-15-4-3-8-25-15)13-7-9-26(19,20)12-13/h3-6,8,10,13H,7,9,11-12H2,1-2H3/t13-/m1/s1. The van der Waals surface area contributed by atoms with Crippen LogP contribution in [0.4, 0.5) is 0 Å². The van der Waals surface area contributed by atoms with Crippen LogP contribution in [0.3, 0.4) is 0 Å². The summed E-state index contributed by atoms with van der Waals surface area (Å²) in [5, 5.41) is 0. The molecule has 0 N–H and O–H groups in total. The highest BCUT2D eigenvalue weighted by Gasteiger charge is 2.40. The first kappa shape index (κ1) is 19.7. The van der Waals surface area contributed by atoms with Gasteiger partial charge in [0.05, 0.1) is 38.5 Å². The maximum atomic E-state index is 13.5. The lowest BCUT2D eigenvalue weighted by molar-refractivity contribution is 0.304. The van der Waals surface area contributed by atoms with Crippen molar-refractivity contribution in [3.63, 3.8) is 0 Å². The summed E-state index contributed by atoms with van der Waals surface area (Å²) in [6, 6.07) is 7.08. The fourth-order valence-electron chi connectivity index (χ4n) is 3.08. The van der Waals surface area contributed by atoms with E-state index >= 15 is 0 Å². The molecule has 0 amide bonds. The van der Waals surface area contributed by atoms with E-state index in [2.05, 4.69) is 0 Å². The number of nitrogens with zero attached hydrogens (tertiary/aromatic N) is 1. The number of sulfonamides is 1. The minimum absolute atomic E-state index is 0.0446. The van der Waals surface area contributed by atoms with Crippen LogP contribution in [0.5, 0.6) is 11.5 Å². The predicted molar refractivity (Wildman–Crippen MR) is 98.0 cm³/mol. The molecule has 3 rings (SSSR count). The third-order valence-electron chi connectivity index (χ3n) is 4.46. The van der Waals surface area contributed by atoms with E-state index in [1.807, 2.05) is 0 Å². The van der Waals surface area contributed by atoms with Crippen molar-refractivity contribution in [3.8, 4) is 11.5 Å². The molecule has 2 heterocycles. The molecule has 1 fully saturated rings. The second-order valence-electron chi connectivity index (χ2n) is 6.20. The molecule has 1 aromatic heterocycles. The van der Waals surface area contributed by atoms with Crippen LogP contribution in [-0.4, -0.2) is 52.9 Å². The van der Waals surface area contributed by atoms with Gasteiger partial charge in [-0.15, -0.1) is 0 Å². The van der Waals surface area contributed by atoms with Gasteiger partial charge < -0.3 is 13.9 Å². The number of sulfone groups is 1. The fraction of sp³-hybridized carbons (Fsp3) is 0.412. The van der Waals surface area contributed by atoms with Crippen molar-refractivity contribution >= 4 is 19.9 Å². The van der Waals surface area contributed by atoms with E-state index < -0.39 is 25.9 Å². The number of hydrogen-bond acceptors (Lipinski definition) is 7. The molecule has 0 spiro atoms. The second kappa shape index (κ2) is 7.53. The van der Waals surface area contributed by atoms with Crippen molar-refractivity contribution in [1.82, 2.24) is 4.31 Å². The fourth-order valence-corrected chi connectivity index (χ4v) is 6.70. The summed E-state index contributed by atoms with van der Waals surface area (Å²) in [4.78, 5) is -0.0831. The summed E-state index contributed by atoms with van der Waals surface area (Å²) < 4.78 is 67.6. The summed E-state index contributed by atoms with van der Waals surface area (Å²) in [7, 11) is -4.56. The molecule has 10 heteroatoms. The van der Waals surface area contributed by atoms with Crippen molar-refractivity contribution in [2.24, 2.45) is 0 Å². The number of methoxy groups -OCH3 is 2. The summed E-state index contributed by atoms with van der Waals surface area (Å²) in [6.45, 7) is -0.0735. The zero-order chi connectivity index (χ0) is 19.7. The van der Waals surface area contributed by atoms with Gasteiger partial charge in [-0.3, -0.25) is 0 Å². The summed E-state index contributed by atoms with van der Waals surface area (Å²) in [6.07, 6.45) is 1.67. The van der Waals surface area contributed by atoms with Crippen molar-refractivity contribution in [2.75, 3.05) is 25.7 Å². The maximum absolute atomic E-state index is 13.5. The van der Waals surface area contributed by atoms with Crippen molar-refractivity contribution in [2.45, 2.75) is 23.9 Å². The van der Waals surface area contributed by atoms with E-state index in [0.29, 0.717) is 11.5 Å². The summed E-state index contributed by atoms with van der Waals surface area (Å²) in [5.41, 5.74) is 0. The molecule has 2 aromatic rings. The van der Waals surface area contributed by atoms with Gasteiger partial charge in [0.15, 0.2) is 9.84 Å². The van der Waals surface area contributed by atoms with Gasteiger partial charge in [-0.2, -0.15) is 4.31 Å². The molecular formula is C17H21NO7S2. The van der Waals surface area contributed by atoms with Crippen molar-refractivity contribution in [3.05, 3.63) is 42.4 Å². The first-order valence-electron chi connectivity index (χ1n) is 8.23. The zero-order valence-electron chi connectivity index (χ0n) is 15.0. The molecule has 1 aliphatic heterocycles. The number of benzene rings is 1. The number of rotatable bonds is 7. The van der Waals surface area contributed by atoms with Crippen LogP contribution in [-0.2, 0) is 26.4 Å². The van der Waals surface area contributed by atoms with Crippen LogP contribution in [0.15, 0.2) is 45.9 Å². The van der Waals surface area contributed by atoms with E-state index in [4.69, 9.17) is 13.9 Å². The quantitative estimate of drug-likeness (QED) is 0.678. The first-order valence-corrected chi connectivity index (χ1v) is 11.5. The van der Waals surface area contributed by atoms with E-state index in [1.54, 1.807) is 18.2 Å². The third kappa shape index (κ3) is 4.12. The van der Waals surface area contributed by atoms with Gasteiger partial charge in [0, 0.05) is 12.1 Å². The van der Waals surface area contributed by atoms with Crippen LogP contribution in [0.2, 0.25) is 0 Å². The Morgan fingerprint density at radius 1 is 1.22 bits per heavy atom. The minimum atomic E-state index is -4.08. The molecule has 0 unspecified atom stereocenters. The first-order chi connectivity index (χ1) is 12.8. The smallest absolute Gasteiger partial charge is 0.247 e. The van der Waals surface area contributed by atoms with Gasteiger partial charge in [-0.05, 0) is 30.7 Å². The number of hydrogen-bond donors (Lipinski definition) is 0. The highest BCUT2D eigenvalue weighted by Crippen LogP contribution is 2.34. The van der Waals surface area contributed by atoms with E-state index in [9.17, 15) is 16.8 Å². The Hall–Kier alpha value is -2.04. The highest BCUT2D eigenvalue weighted by molar-refractivity contribution is 7.92. The zero-order valence-corrected chi connectivity index (χ0v) is 16.6. The van der Waals surface area contributed by atoms with Crippen LogP contribution in [0.1, 0.15) is 12.2 Å². The Bertz CT molecular complexity index is 998. The molecule has 8 nitrogen and oxygen atoms in total. The molecular weight excluding hydrogens is 394 g/mol. The van der Waals surface area contributed by atoms with Gasteiger partial charge in [-0.1, -0.05) is 0 Å². The second-order valence-corrected chi connectivity index (χ2v) is 10.3. The van der Waals surface area contributed by atoms with Gasteiger partial charge in [-0.25, -0.2) is 16.8 Å². The highest BCUT2D eigenvalue weighted by atomic mass is 32.2. The largest absolute Gasteiger partial charge is 0.497 e. The molecule has 0 bridgehead atoms. The van der Waals surface area contributed by atoms with E-state index in [0.717, 1.165) is 0 Å². The summed E-state index contributed by atoms with van der Waals surface area (Å²) >= 11 is 0. The molecule has 27 heavy (non-hydrogen) atoms. The molecule has 1 aliphatic rings. The molecule has 0 aliphatic carbocycles. The van der Waals surface area contributed by atoms with Crippen LogP contribution >= 0.6 is 0 Å². The average Bonchev–Trinajstić information content (AvgIpc) is 3.27. The maximum Gasteiger partial charge on any atom is 0.247 e. The average molecular weight is 415 g/mol.